The number of rotatable bonds is 11. The van der Waals surface area contributed by atoms with Crippen LogP contribution in [0.25, 0.3) is 0 Å². The molecular weight excluding hydrogens is 424 g/mol. The Morgan fingerprint density at radius 3 is 1.74 bits per heavy atom. The molecule has 1 amide bonds. The highest BCUT2D eigenvalue weighted by atomic mass is 16.5. The van der Waals surface area contributed by atoms with E-state index in [1.165, 1.54) is 7.11 Å². The zero-order valence-corrected chi connectivity index (χ0v) is 19.4. The van der Waals surface area contributed by atoms with Gasteiger partial charge in [0, 0.05) is 12.8 Å². The minimum atomic E-state index is -0.754. The molecule has 0 saturated carbocycles. The molecule has 1 atom stereocenters. The van der Waals surface area contributed by atoms with Crippen LogP contribution in [0, 0.1) is 11.3 Å². The van der Waals surface area contributed by atoms with E-state index in [1.807, 2.05) is 91.0 Å². The minimum Gasteiger partial charge on any atom is -0.467 e. The molecule has 0 spiro atoms. The van der Waals surface area contributed by atoms with Gasteiger partial charge in [-0.05, 0) is 36.0 Å². The van der Waals surface area contributed by atoms with Gasteiger partial charge in [-0.2, -0.15) is 5.26 Å². The summed E-state index contributed by atoms with van der Waals surface area (Å²) in [7, 11) is 1.32. The molecule has 3 aromatic carbocycles. The maximum atomic E-state index is 13.5. The van der Waals surface area contributed by atoms with Crippen molar-refractivity contribution in [1.82, 2.24) is 5.32 Å². The monoisotopic (exact) mass is 454 g/mol. The van der Waals surface area contributed by atoms with Crippen molar-refractivity contribution in [3.8, 4) is 6.07 Å². The van der Waals surface area contributed by atoms with Gasteiger partial charge in [-0.1, -0.05) is 91.0 Å². The lowest BCUT2D eigenvalue weighted by Crippen LogP contribution is -2.45. The van der Waals surface area contributed by atoms with Crippen molar-refractivity contribution in [3.05, 3.63) is 108 Å². The number of nitrogens with one attached hydrogen (secondary N) is 1. The lowest BCUT2D eigenvalue weighted by molar-refractivity contribution is -0.145. The molecule has 0 aliphatic rings. The molecule has 0 radical (unpaired) electrons. The number of methoxy groups -OCH3 is 1. The lowest BCUT2D eigenvalue weighted by Gasteiger charge is -2.36. The zero-order chi connectivity index (χ0) is 24.2. The third-order valence-electron chi connectivity index (χ3n) is 6.08. The van der Waals surface area contributed by atoms with E-state index in [0.717, 1.165) is 16.7 Å². The van der Waals surface area contributed by atoms with Crippen molar-refractivity contribution >= 4 is 11.9 Å². The van der Waals surface area contributed by atoms with Gasteiger partial charge in [-0.15, -0.1) is 0 Å². The van der Waals surface area contributed by atoms with Crippen LogP contribution in [0.4, 0.5) is 0 Å². The largest absolute Gasteiger partial charge is 0.467 e. The highest BCUT2D eigenvalue weighted by Gasteiger charge is 2.39. The number of nitrogens with zero attached hydrogens (tertiary/aromatic N) is 1. The van der Waals surface area contributed by atoms with Crippen molar-refractivity contribution in [1.29, 1.82) is 5.26 Å². The molecule has 174 valence electrons. The van der Waals surface area contributed by atoms with Crippen LogP contribution in [0.5, 0.6) is 0 Å². The Hall–Kier alpha value is -3.91. The second-order valence-corrected chi connectivity index (χ2v) is 8.23. The number of carbonyl (C=O) groups excluding carboxylic acids is 2. The standard InChI is InChI=1S/C29H30N2O3/c1-34-28(33)26(20-12-5-13-21-30)31-27(32)22-29(23-14-6-2-7-15-23,24-16-8-3-9-17-24)25-18-10-4-11-19-25/h2-4,6-11,14-19,26H,5,12-13,20,22H2,1H3,(H,31,32)/t26-/m0/s1. The summed E-state index contributed by atoms with van der Waals surface area (Å²) in [6, 6.07) is 31.3. The highest BCUT2D eigenvalue weighted by Crippen LogP contribution is 2.42. The molecule has 0 fully saturated rings. The van der Waals surface area contributed by atoms with Crippen molar-refractivity contribution < 1.29 is 14.3 Å². The fraction of sp³-hybridized carbons (Fsp3) is 0.276. The molecule has 0 aliphatic heterocycles. The average Bonchev–Trinajstić information content (AvgIpc) is 2.90. The van der Waals surface area contributed by atoms with Gasteiger partial charge in [0.05, 0.1) is 18.6 Å². The van der Waals surface area contributed by atoms with Gasteiger partial charge in [0.1, 0.15) is 6.04 Å². The van der Waals surface area contributed by atoms with Gasteiger partial charge in [0.2, 0.25) is 5.91 Å². The third-order valence-corrected chi connectivity index (χ3v) is 6.08. The number of hydrogen-bond donors (Lipinski definition) is 1. The van der Waals surface area contributed by atoms with E-state index < -0.39 is 17.4 Å². The molecule has 0 heterocycles. The molecule has 0 aliphatic carbocycles. The number of carbonyl (C=O) groups is 2. The number of unbranched alkanes of at least 4 members (excludes halogenated alkanes) is 2. The van der Waals surface area contributed by atoms with E-state index in [1.54, 1.807) is 0 Å². The summed E-state index contributed by atoms with van der Waals surface area (Å²) in [5.74, 6) is -0.720. The first-order chi connectivity index (χ1) is 16.6. The van der Waals surface area contributed by atoms with Crippen LogP contribution in [0.2, 0.25) is 0 Å². The van der Waals surface area contributed by atoms with Gasteiger partial charge < -0.3 is 10.1 Å². The molecular formula is C29H30N2O3. The third kappa shape index (κ3) is 5.90. The van der Waals surface area contributed by atoms with Crippen LogP contribution in [-0.2, 0) is 19.7 Å². The number of amides is 1. The van der Waals surface area contributed by atoms with E-state index >= 15 is 0 Å². The second-order valence-electron chi connectivity index (χ2n) is 8.23. The number of nitriles is 1. The molecule has 0 saturated heterocycles. The Morgan fingerprint density at radius 2 is 1.32 bits per heavy atom. The van der Waals surface area contributed by atoms with Crippen molar-refractivity contribution in [2.24, 2.45) is 0 Å². The van der Waals surface area contributed by atoms with Crippen LogP contribution < -0.4 is 5.32 Å². The molecule has 0 aromatic heterocycles. The summed E-state index contributed by atoms with van der Waals surface area (Å²) in [6.07, 6.45) is 2.28. The fourth-order valence-electron chi connectivity index (χ4n) is 4.40. The Morgan fingerprint density at radius 1 is 0.853 bits per heavy atom. The van der Waals surface area contributed by atoms with Gasteiger partial charge in [-0.25, -0.2) is 4.79 Å². The van der Waals surface area contributed by atoms with Gasteiger partial charge in [-0.3, -0.25) is 4.79 Å². The first-order valence-corrected chi connectivity index (χ1v) is 11.5. The van der Waals surface area contributed by atoms with E-state index in [9.17, 15) is 9.59 Å². The van der Waals surface area contributed by atoms with Gasteiger partial charge in [0.15, 0.2) is 0 Å². The number of benzene rings is 3. The molecule has 0 unspecified atom stereocenters. The molecule has 3 rings (SSSR count). The van der Waals surface area contributed by atoms with Crippen LogP contribution >= 0.6 is 0 Å². The van der Waals surface area contributed by atoms with Crippen LogP contribution in [0.3, 0.4) is 0 Å². The predicted octanol–water partition coefficient (Wildman–Crippen LogP) is 5.15. The summed E-state index contributed by atoms with van der Waals surface area (Å²) in [5.41, 5.74) is 2.23. The number of esters is 1. The van der Waals surface area contributed by atoms with Crippen LogP contribution in [0.15, 0.2) is 91.0 Å². The van der Waals surface area contributed by atoms with E-state index in [0.29, 0.717) is 25.7 Å². The van der Waals surface area contributed by atoms with Crippen molar-refractivity contribution in [3.63, 3.8) is 0 Å². The average molecular weight is 455 g/mol. The molecule has 1 N–H and O–H groups in total. The first kappa shape index (κ1) is 24.7. The first-order valence-electron chi connectivity index (χ1n) is 11.5. The van der Waals surface area contributed by atoms with E-state index in [4.69, 9.17) is 10.00 Å². The molecule has 5 nitrogen and oxygen atoms in total. The Balaban J connectivity index is 1.99. The van der Waals surface area contributed by atoms with Crippen LogP contribution in [0.1, 0.15) is 48.8 Å². The summed E-state index contributed by atoms with van der Waals surface area (Å²) in [6.45, 7) is 0. The fourth-order valence-corrected chi connectivity index (χ4v) is 4.40. The van der Waals surface area contributed by atoms with E-state index in [-0.39, 0.29) is 12.3 Å². The second kappa shape index (κ2) is 12.4. The molecule has 0 bridgehead atoms. The van der Waals surface area contributed by atoms with Gasteiger partial charge >= 0.3 is 5.97 Å². The summed E-state index contributed by atoms with van der Waals surface area (Å²) in [5, 5.41) is 11.7. The molecule has 3 aromatic rings. The number of hydrogen-bond acceptors (Lipinski definition) is 4. The maximum Gasteiger partial charge on any atom is 0.328 e. The summed E-state index contributed by atoms with van der Waals surface area (Å²) < 4.78 is 4.94. The van der Waals surface area contributed by atoms with Gasteiger partial charge in [0.25, 0.3) is 0 Å². The normalized spacial score (nSPS) is 11.8. The smallest absolute Gasteiger partial charge is 0.328 e. The quantitative estimate of drug-likeness (QED) is 0.247. The maximum absolute atomic E-state index is 13.5. The Bertz CT molecular complexity index is 996. The Kier molecular flexibility index (Phi) is 8.99. The minimum absolute atomic E-state index is 0.122. The zero-order valence-electron chi connectivity index (χ0n) is 19.4. The topological polar surface area (TPSA) is 79.2 Å². The van der Waals surface area contributed by atoms with Crippen molar-refractivity contribution in [2.75, 3.05) is 7.11 Å². The highest BCUT2D eigenvalue weighted by molar-refractivity contribution is 5.86. The lowest BCUT2D eigenvalue weighted by atomic mass is 9.67. The molecule has 5 heteroatoms. The van der Waals surface area contributed by atoms with Crippen molar-refractivity contribution in [2.45, 2.75) is 43.6 Å². The predicted molar refractivity (Wildman–Crippen MR) is 132 cm³/mol. The number of ether oxygens (including phenoxy) is 1. The van der Waals surface area contributed by atoms with E-state index in [2.05, 4.69) is 11.4 Å². The molecule has 34 heavy (non-hydrogen) atoms. The SMILES string of the molecule is COC(=O)[C@H](CCCCC#N)NC(=O)CC(c1ccccc1)(c1ccccc1)c1ccccc1. The Labute approximate surface area is 201 Å². The summed E-state index contributed by atoms with van der Waals surface area (Å²) in [4.78, 5) is 25.9. The van der Waals surface area contributed by atoms with Crippen LogP contribution in [-0.4, -0.2) is 25.0 Å². The summed E-state index contributed by atoms with van der Waals surface area (Å²) >= 11 is 0.